The first-order valence-corrected chi connectivity index (χ1v) is 10.4. The smallest absolute Gasteiger partial charge is 0.257 e. The Labute approximate surface area is 182 Å². The van der Waals surface area contributed by atoms with Crippen molar-refractivity contribution in [2.45, 2.75) is 0 Å². The zero-order chi connectivity index (χ0) is 21.0. The van der Waals surface area contributed by atoms with Gasteiger partial charge in [-0.05, 0) is 34.2 Å². The first-order chi connectivity index (χ1) is 15.3. The molecule has 1 N–H and O–H groups in total. The first kappa shape index (κ1) is 18.8. The lowest BCUT2D eigenvalue weighted by molar-refractivity contribution is 0.102. The number of hydrogen-bond acceptors (Lipinski definition) is 6. The van der Waals surface area contributed by atoms with Crippen molar-refractivity contribution in [1.29, 1.82) is 0 Å². The fourth-order valence-corrected chi connectivity index (χ4v) is 4.18. The lowest BCUT2D eigenvalue weighted by atomic mass is 10.1. The number of rotatable bonds is 5. The van der Waals surface area contributed by atoms with Crippen LogP contribution in [0.1, 0.15) is 10.4 Å². The molecular formula is C23H16N6OS. The molecule has 2 aromatic heterocycles. The molecule has 0 bridgehead atoms. The van der Waals surface area contributed by atoms with E-state index in [9.17, 15) is 4.79 Å². The van der Waals surface area contributed by atoms with Crippen molar-refractivity contribution in [2.24, 2.45) is 0 Å². The Balaban J connectivity index is 1.48. The summed E-state index contributed by atoms with van der Waals surface area (Å²) in [6, 6.07) is 27.1. The Hall–Kier alpha value is -4.17. The molecule has 0 radical (unpaired) electrons. The van der Waals surface area contributed by atoms with E-state index in [1.54, 1.807) is 18.2 Å². The number of hydrogen-bond donors (Lipinski definition) is 1. The number of thiazole rings is 1. The van der Waals surface area contributed by atoms with E-state index in [1.165, 1.54) is 22.3 Å². The van der Waals surface area contributed by atoms with E-state index in [0.717, 1.165) is 21.7 Å². The van der Waals surface area contributed by atoms with Crippen molar-refractivity contribution in [3.05, 3.63) is 96.8 Å². The summed E-state index contributed by atoms with van der Waals surface area (Å²) < 4.78 is 1.50. The molecule has 31 heavy (non-hydrogen) atoms. The van der Waals surface area contributed by atoms with Crippen molar-refractivity contribution in [3.8, 4) is 27.4 Å². The maximum atomic E-state index is 12.9. The highest BCUT2D eigenvalue weighted by atomic mass is 32.1. The second-order valence-electron chi connectivity index (χ2n) is 6.69. The van der Waals surface area contributed by atoms with Crippen LogP contribution in [0.3, 0.4) is 0 Å². The minimum Gasteiger partial charge on any atom is -0.298 e. The summed E-state index contributed by atoms with van der Waals surface area (Å²) in [5.41, 5.74) is 4.09. The number of carbonyl (C=O) groups excluding carboxylic acids is 1. The quantitative estimate of drug-likeness (QED) is 0.442. The van der Waals surface area contributed by atoms with Gasteiger partial charge in [0.25, 0.3) is 5.91 Å². The van der Waals surface area contributed by atoms with Gasteiger partial charge in [0.05, 0.1) is 16.3 Å². The van der Waals surface area contributed by atoms with Crippen molar-refractivity contribution in [3.63, 3.8) is 0 Å². The van der Waals surface area contributed by atoms with E-state index >= 15 is 0 Å². The third-order valence-electron chi connectivity index (χ3n) is 4.65. The lowest BCUT2D eigenvalue weighted by Gasteiger charge is -2.04. The predicted molar refractivity (Wildman–Crippen MR) is 120 cm³/mol. The molecule has 5 aromatic rings. The third kappa shape index (κ3) is 3.96. The van der Waals surface area contributed by atoms with Gasteiger partial charge in [-0.3, -0.25) is 10.1 Å². The normalized spacial score (nSPS) is 10.7. The van der Waals surface area contributed by atoms with Crippen LogP contribution in [-0.2, 0) is 0 Å². The van der Waals surface area contributed by atoms with Crippen molar-refractivity contribution in [1.82, 2.24) is 25.2 Å². The molecule has 0 fully saturated rings. The van der Waals surface area contributed by atoms with Gasteiger partial charge < -0.3 is 0 Å². The fourth-order valence-electron chi connectivity index (χ4n) is 3.19. The van der Waals surface area contributed by atoms with Crippen LogP contribution in [0.2, 0.25) is 0 Å². The molecule has 2 heterocycles. The minimum atomic E-state index is -0.247. The summed E-state index contributed by atoms with van der Waals surface area (Å²) in [6.45, 7) is 0. The number of benzene rings is 3. The Morgan fingerprint density at radius 1 is 0.871 bits per heavy atom. The number of amides is 1. The molecule has 0 unspecified atom stereocenters. The standard InChI is InChI=1S/C23H16N6OS/c30-22(18-12-7-13-19(14-18)29-15-24-27-28-29)26-23-25-20(16-8-3-1-4-9-16)21(31-23)17-10-5-2-6-11-17/h1-15H,(H,25,26,30). The average Bonchev–Trinajstić information content (AvgIpc) is 3.51. The molecule has 1 amide bonds. The summed E-state index contributed by atoms with van der Waals surface area (Å²) >= 11 is 1.45. The SMILES string of the molecule is O=C(Nc1nc(-c2ccccc2)c(-c2ccccc2)s1)c1cccc(-n2cnnn2)c1. The van der Waals surface area contributed by atoms with Crippen LogP contribution in [0.5, 0.6) is 0 Å². The zero-order valence-electron chi connectivity index (χ0n) is 16.2. The molecule has 0 atom stereocenters. The Morgan fingerprint density at radius 2 is 1.61 bits per heavy atom. The van der Waals surface area contributed by atoms with Gasteiger partial charge >= 0.3 is 0 Å². The van der Waals surface area contributed by atoms with Gasteiger partial charge in [0.15, 0.2) is 5.13 Å². The van der Waals surface area contributed by atoms with Gasteiger partial charge in [-0.1, -0.05) is 78.1 Å². The van der Waals surface area contributed by atoms with Crippen molar-refractivity contribution < 1.29 is 4.79 Å². The maximum absolute atomic E-state index is 12.9. The van der Waals surface area contributed by atoms with Crippen LogP contribution < -0.4 is 5.32 Å². The van der Waals surface area contributed by atoms with Crippen LogP contribution in [0.4, 0.5) is 5.13 Å². The molecule has 0 aliphatic rings. The van der Waals surface area contributed by atoms with Gasteiger partial charge in [-0.25, -0.2) is 9.67 Å². The molecule has 0 saturated carbocycles. The van der Waals surface area contributed by atoms with Crippen LogP contribution >= 0.6 is 11.3 Å². The van der Waals surface area contributed by atoms with Crippen LogP contribution in [0, 0.1) is 0 Å². The Kier molecular flexibility index (Phi) is 5.04. The van der Waals surface area contributed by atoms with E-state index in [0.29, 0.717) is 16.4 Å². The van der Waals surface area contributed by atoms with Gasteiger partial charge in [-0.15, -0.1) is 5.10 Å². The largest absolute Gasteiger partial charge is 0.298 e. The summed E-state index contributed by atoms with van der Waals surface area (Å²) in [7, 11) is 0. The lowest BCUT2D eigenvalue weighted by Crippen LogP contribution is -2.12. The molecule has 3 aromatic carbocycles. The van der Waals surface area contributed by atoms with Gasteiger partial charge in [0, 0.05) is 11.1 Å². The third-order valence-corrected chi connectivity index (χ3v) is 5.67. The van der Waals surface area contributed by atoms with Crippen LogP contribution in [-0.4, -0.2) is 31.1 Å². The Morgan fingerprint density at radius 3 is 2.32 bits per heavy atom. The maximum Gasteiger partial charge on any atom is 0.257 e. The van der Waals surface area contributed by atoms with E-state index < -0.39 is 0 Å². The molecule has 150 valence electrons. The number of nitrogens with one attached hydrogen (secondary N) is 1. The fraction of sp³-hybridized carbons (Fsp3) is 0. The molecule has 7 nitrogen and oxygen atoms in total. The molecule has 0 aliphatic heterocycles. The van der Waals surface area contributed by atoms with Gasteiger partial charge in [0.2, 0.25) is 0 Å². The van der Waals surface area contributed by atoms with Crippen LogP contribution in [0.15, 0.2) is 91.3 Å². The summed E-state index contributed by atoms with van der Waals surface area (Å²) in [6.07, 6.45) is 1.48. The second kappa shape index (κ2) is 8.29. The number of nitrogens with zero attached hydrogens (tertiary/aromatic N) is 5. The molecule has 0 aliphatic carbocycles. The molecular weight excluding hydrogens is 408 g/mol. The van der Waals surface area contributed by atoms with Gasteiger partial charge in [-0.2, -0.15) is 0 Å². The minimum absolute atomic E-state index is 0.247. The predicted octanol–water partition coefficient (Wildman–Crippen LogP) is 4.71. The molecule has 0 saturated heterocycles. The second-order valence-corrected chi connectivity index (χ2v) is 7.69. The van der Waals surface area contributed by atoms with E-state index in [4.69, 9.17) is 4.98 Å². The molecule has 5 rings (SSSR count). The summed E-state index contributed by atoms with van der Waals surface area (Å²) in [5, 5.41) is 14.6. The topological polar surface area (TPSA) is 85.6 Å². The van der Waals surface area contributed by atoms with Crippen molar-refractivity contribution in [2.75, 3.05) is 5.32 Å². The van der Waals surface area contributed by atoms with E-state index in [2.05, 4.69) is 20.8 Å². The summed E-state index contributed by atoms with van der Waals surface area (Å²) in [4.78, 5) is 18.7. The molecule has 8 heteroatoms. The highest BCUT2D eigenvalue weighted by molar-refractivity contribution is 7.19. The average molecular weight is 424 g/mol. The summed E-state index contributed by atoms with van der Waals surface area (Å²) in [5.74, 6) is -0.247. The number of tetrazole rings is 1. The zero-order valence-corrected chi connectivity index (χ0v) is 17.0. The van der Waals surface area contributed by atoms with E-state index in [-0.39, 0.29) is 5.91 Å². The van der Waals surface area contributed by atoms with Crippen molar-refractivity contribution >= 4 is 22.4 Å². The Bertz CT molecular complexity index is 1260. The number of aromatic nitrogens is 5. The molecule has 0 spiro atoms. The number of anilines is 1. The monoisotopic (exact) mass is 424 g/mol. The van der Waals surface area contributed by atoms with Gasteiger partial charge in [0.1, 0.15) is 6.33 Å². The highest BCUT2D eigenvalue weighted by Gasteiger charge is 2.17. The highest BCUT2D eigenvalue weighted by Crippen LogP contribution is 2.39. The van der Waals surface area contributed by atoms with Crippen LogP contribution in [0.25, 0.3) is 27.4 Å². The van der Waals surface area contributed by atoms with E-state index in [1.807, 2.05) is 66.7 Å². The first-order valence-electron chi connectivity index (χ1n) is 9.54. The number of carbonyl (C=O) groups is 1.